The molecule has 2 rings (SSSR count). The van der Waals surface area contributed by atoms with Gasteiger partial charge >= 0.3 is 5.97 Å². The van der Waals surface area contributed by atoms with Crippen LogP contribution in [0.1, 0.15) is 25.0 Å². The summed E-state index contributed by atoms with van der Waals surface area (Å²) in [6, 6.07) is 7.35. The Hall–Kier alpha value is -1.46. The van der Waals surface area contributed by atoms with E-state index >= 15 is 0 Å². The number of benzene rings is 1. The second-order valence-corrected chi connectivity index (χ2v) is 5.38. The van der Waals surface area contributed by atoms with E-state index in [0.717, 1.165) is 9.86 Å². The van der Waals surface area contributed by atoms with Crippen LogP contribution in [0.25, 0.3) is 10.9 Å². The van der Waals surface area contributed by atoms with Crippen LogP contribution in [-0.4, -0.2) is 21.2 Å². The van der Waals surface area contributed by atoms with Crippen molar-refractivity contribution < 1.29 is 15.0 Å². The molecule has 1 aromatic carbocycles. The van der Waals surface area contributed by atoms with Gasteiger partial charge in [-0.2, -0.15) is 0 Å². The molecule has 1 aromatic heterocycles. The Morgan fingerprint density at radius 1 is 1.42 bits per heavy atom. The highest BCUT2D eigenvalue weighted by molar-refractivity contribution is 9.10. The molecule has 0 saturated carbocycles. The van der Waals surface area contributed by atoms with Gasteiger partial charge in [0.15, 0.2) is 0 Å². The van der Waals surface area contributed by atoms with Crippen LogP contribution in [0.4, 0.5) is 0 Å². The summed E-state index contributed by atoms with van der Waals surface area (Å²) >= 11 is 3.44. The molecule has 1 heterocycles. The quantitative estimate of drug-likeness (QED) is 0.906. The van der Waals surface area contributed by atoms with Crippen LogP contribution in [0, 0.1) is 5.92 Å². The Morgan fingerprint density at radius 3 is 2.84 bits per heavy atom. The maximum Gasteiger partial charge on any atom is 0.306 e. The number of nitrogens with zero attached hydrogens (tertiary/aromatic N) is 1. The van der Waals surface area contributed by atoms with E-state index in [2.05, 4.69) is 20.9 Å². The number of pyridine rings is 1. The van der Waals surface area contributed by atoms with Crippen molar-refractivity contribution in [3.05, 3.63) is 40.5 Å². The van der Waals surface area contributed by atoms with Crippen molar-refractivity contribution in [2.75, 3.05) is 0 Å². The predicted octanol–water partition coefficient (Wildman–Crippen LogP) is 3.14. The minimum absolute atomic E-state index is 0.169. The van der Waals surface area contributed by atoms with Crippen LogP contribution in [0.5, 0.6) is 0 Å². The molecule has 0 amide bonds. The van der Waals surface area contributed by atoms with Gasteiger partial charge in [-0.1, -0.05) is 35.0 Å². The second kappa shape index (κ2) is 5.67. The summed E-state index contributed by atoms with van der Waals surface area (Å²) < 4.78 is 0.901. The number of hydrogen-bond acceptors (Lipinski definition) is 3. The second-order valence-electron chi connectivity index (χ2n) is 4.53. The number of rotatable bonds is 4. The molecule has 0 fully saturated rings. The molecule has 5 heteroatoms. The number of halogens is 1. The third-order valence-electron chi connectivity index (χ3n) is 3.11. The van der Waals surface area contributed by atoms with Gasteiger partial charge in [0.1, 0.15) is 0 Å². The van der Waals surface area contributed by atoms with Gasteiger partial charge < -0.3 is 10.2 Å². The third-order valence-corrected chi connectivity index (χ3v) is 3.80. The van der Waals surface area contributed by atoms with Crippen LogP contribution >= 0.6 is 15.9 Å². The van der Waals surface area contributed by atoms with Crippen LogP contribution in [0.15, 0.2) is 34.9 Å². The molecule has 0 spiro atoms. The van der Waals surface area contributed by atoms with Crippen LogP contribution in [0.2, 0.25) is 0 Å². The van der Waals surface area contributed by atoms with Crippen molar-refractivity contribution in [2.45, 2.75) is 19.4 Å². The van der Waals surface area contributed by atoms with Gasteiger partial charge in [-0.15, -0.1) is 0 Å². The van der Waals surface area contributed by atoms with E-state index in [9.17, 15) is 9.90 Å². The normalized spacial score (nSPS) is 14.3. The van der Waals surface area contributed by atoms with E-state index < -0.39 is 18.0 Å². The minimum atomic E-state index is -0.909. The number of aliphatic carboxylic acids is 1. The van der Waals surface area contributed by atoms with Crippen LogP contribution in [-0.2, 0) is 4.79 Å². The maximum absolute atomic E-state index is 10.8. The first-order chi connectivity index (χ1) is 9.00. The Balaban J connectivity index is 2.40. The van der Waals surface area contributed by atoms with Gasteiger partial charge in [-0.05, 0) is 18.6 Å². The number of carbonyl (C=O) groups is 1. The van der Waals surface area contributed by atoms with E-state index in [-0.39, 0.29) is 6.42 Å². The number of carboxylic acid groups (broad SMARTS) is 1. The predicted molar refractivity (Wildman–Crippen MR) is 75.8 cm³/mol. The fourth-order valence-corrected chi connectivity index (χ4v) is 2.44. The molecule has 2 unspecified atom stereocenters. The van der Waals surface area contributed by atoms with Crippen molar-refractivity contribution in [2.24, 2.45) is 5.92 Å². The zero-order valence-corrected chi connectivity index (χ0v) is 12.0. The molecule has 0 aliphatic carbocycles. The Bertz CT molecular complexity index is 615. The summed E-state index contributed by atoms with van der Waals surface area (Å²) in [6.45, 7) is 1.58. The van der Waals surface area contributed by atoms with Crippen LogP contribution in [0.3, 0.4) is 0 Å². The Morgan fingerprint density at radius 2 is 2.16 bits per heavy atom. The summed E-state index contributed by atoms with van der Waals surface area (Å²) in [7, 11) is 0. The SMILES string of the molecule is CC(CC(O)c1ccc(Br)c2cccnc12)C(=O)O. The minimum Gasteiger partial charge on any atom is -0.481 e. The van der Waals surface area contributed by atoms with Crippen molar-refractivity contribution in [1.29, 1.82) is 0 Å². The number of carboxylic acids is 1. The fraction of sp³-hybridized carbons (Fsp3) is 0.286. The van der Waals surface area contributed by atoms with E-state index in [1.165, 1.54) is 0 Å². The number of aliphatic hydroxyl groups is 1. The van der Waals surface area contributed by atoms with Gasteiger partial charge in [0.05, 0.1) is 17.5 Å². The molecule has 4 nitrogen and oxygen atoms in total. The molecule has 0 radical (unpaired) electrons. The van der Waals surface area contributed by atoms with Gasteiger partial charge in [0.25, 0.3) is 0 Å². The first-order valence-electron chi connectivity index (χ1n) is 5.94. The lowest BCUT2D eigenvalue weighted by Crippen LogP contribution is -2.14. The lowest BCUT2D eigenvalue weighted by Gasteiger charge is -2.15. The summed E-state index contributed by atoms with van der Waals surface area (Å²) in [5.41, 5.74) is 1.36. The Labute approximate surface area is 119 Å². The average molecular weight is 324 g/mol. The van der Waals surface area contributed by atoms with E-state index in [0.29, 0.717) is 11.1 Å². The molecular weight excluding hydrogens is 310 g/mol. The lowest BCUT2D eigenvalue weighted by atomic mass is 9.96. The average Bonchev–Trinajstić information content (AvgIpc) is 2.39. The van der Waals surface area contributed by atoms with Crippen molar-refractivity contribution in [3.63, 3.8) is 0 Å². The van der Waals surface area contributed by atoms with Crippen molar-refractivity contribution in [1.82, 2.24) is 4.98 Å². The van der Waals surface area contributed by atoms with Crippen LogP contribution < -0.4 is 0 Å². The molecular formula is C14H14BrNO3. The van der Waals surface area contributed by atoms with Gasteiger partial charge in [0.2, 0.25) is 0 Å². The molecule has 2 aromatic rings. The molecule has 0 bridgehead atoms. The number of aliphatic hydroxyl groups excluding tert-OH is 1. The largest absolute Gasteiger partial charge is 0.481 e. The smallest absolute Gasteiger partial charge is 0.306 e. The van der Waals surface area contributed by atoms with E-state index in [4.69, 9.17) is 5.11 Å². The summed E-state index contributed by atoms with van der Waals surface area (Å²) in [5, 5.41) is 20.0. The first kappa shape index (κ1) is 14.0. The molecule has 2 atom stereocenters. The number of aromatic nitrogens is 1. The molecule has 2 N–H and O–H groups in total. The topological polar surface area (TPSA) is 70.4 Å². The molecule has 100 valence electrons. The molecule has 0 saturated heterocycles. The zero-order chi connectivity index (χ0) is 14.0. The lowest BCUT2D eigenvalue weighted by molar-refractivity contribution is -0.142. The fourth-order valence-electron chi connectivity index (χ4n) is 1.99. The Kier molecular flexibility index (Phi) is 4.17. The highest BCUT2D eigenvalue weighted by Crippen LogP contribution is 2.31. The number of fused-ring (bicyclic) bond motifs is 1. The zero-order valence-electron chi connectivity index (χ0n) is 10.4. The van der Waals surface area contributed by atoms with Gasteiger partial charge in [0, 0.05) is 21.6 Å². The highest BCUT2D eigenvalue weighted by Gasteiger charge is 2.20. The van der Waals surface area contributed by atoms with Crippen molar-refractivity contribution >= 4 is 32.8 Å². The summed E-state index contributed by atoms with van der Waals surface area (Å²) in [5.74, 6) is -1.51. The maximum atomic E-state index is 10.8. The van der Waals surface area contributed by atoms with E-state index in [1.54, 1.807) is 19.2 Å². The van der Waals surface area contributed by atoms with Crippen molar-refractivity contribution in [3.8, 4) is 0 Å². The third kappa shape index (κ3) is 2.93. The monoisotopic (exact) mass is 323 g/mol. The molecule has 0 aliphatic heterocycles. The number of hydrogen-bond donors (Lipinski definition) is 2. The first-order valence-corrected chi connectivity index (χ1v) is 6.74. The van der Waals surface area contributed by atoms with Gasteiger partial charge in [-0.25, -0.2) is 0 Å². The standard InChI is InChI=1S/C14H14BrNO3/c1-8(14(18)19)7-12(17)10-4-5-11(15)9-3-2-6-16-13(9)10/h2-6,8,12,17H,7H2,1H3,(H,18,19). The molecule has 0 aliphatic rings. The van der Waals surface area contributed by atoms with Gasteiger partial charge in [-0.3, -0.25) is 9.78 Å². The molecule has 19 heavy (non-hydrogen) atoms. The highest BCUT2D eigenvalue weighted by atomic mass is 79.9. The summed E-state index contributed by atoms with van der Waals surface area (Å²) in [4.78, 5) is 15.1. The van der Waals surface area contributed by atoms with E-state index in [1.807, 2.05) is 18.2 Å². The summed E-state index contributed by atoms with van der Waals surface area (Å²) in [6.07, 6.45) is 0.991.